The summed E-state index contributed by atoms with van der Waals surface area (Å²) in [5.41, 5.74) is 3.49. The number of nitrogens with one attached hydrogen (secondary N) is 1. The molecule has 1 aliphatic heterocycles. The molecule has 0 spiro atoms. The molecule has 0 radical (unpaired) electrons. The summed E-state index contributed by atoms with van der Waals surface area (Å²) in [4.78, 5) is 0. The van der Waals surface area contributed by atoms with Gasteiger partial charge in [0.15, 0.2) is 0 Å². The second kappa shape index (κ2) is 6.12. The minimum atomic E-state index is 0.253. The van der Waals surface area contributed by atoms with Crippen LogP contribution in [0.3, 0.4) is 0 Å². The third-order valence-corrected chi connectivity index (χ3v) is 4.96. The van der Waals surface area contributed by atoms with Gasteiger partial charge in [-0.15, -0.1) is 0 Å². The van der Waals surface area contributed by atoms with Crippen LogP contribution >= 0.6 is 0 Å². The Labute approximate surface area is 131 Å². The van der Waals surface area contributed by atoms with E-state index in [1.807, 2.05) is 0 Å². The lowest BCUT2D eigenvalue weighted by atomic mass is 9.74. The summed E-state index contributed by atoms with van der Waals surface area (Å²) in [7, 11) is 0. The molecule has 1 saturated heterocycles. The molecule has 1 aliphatic rings. The van der Waals surface area contributed by atoms with Gasteiger partial charge < -0.3 is 5.32 Å². The molecule has 1 N–H and O–H groups in total. The normalized spacial score (nSPS) is 23.0. The highest BCUT2D eigenvalue weighted by molar-refractivity contribution is 5.25. The van der Waals surface area contributed by atoms with Crippen molar-refractivity contribution in [3.63, 3.8) is 0 Å². The molecule has 0 aromatic heterocycles. The fourth-order valence-electron chi connectivity index (χ4n) is 4.23. The van der Waals surface area contributed by atoms with Crippen LogP contribution in [0.15, 0.2) is 24.3 Å². The second-order valence-electron chi connectivity index (χ2n) is 8.42. The quantitative estimate of drug-likeness (QED) is 0.792. The van der Waals surface area contributed by atoms with Crippen LogP contribution in [0, 0.1) is 5.92 Å². The van der Waals surface area contributed by atoms with E-state index in [4.69, 9.17) is 0 Å². The SMILES string of the molecule is CCC(C)c1ccc(CC2CC(C)(C)NC(C)(C)C2)cc1. The molecule has 1 aromatic rings. The van der Waals surface area contributed by atoms with Gasteiger partial charge in [0.25, 0.3) is 0 Å². The molecule has 1 nitrogen and oxygen atoms in total. The molecule has 0 aliphatic carbocycles. The Hall–Kier alpha value is -0.820. The lowest BCUT2D eigenvalue weighted by Crippen LogP contribution is -2.58. The van der Waals surface area contributed by atoms with E-state index < -0.39 is 0 Å². The van der Waals surface area contributed by atoms with E-state index >= 15 is 0 Å². The molecule has 0 amide bonds. The first kappa shape index (κ1) is 16.5. The van der Waals surface area contributed by atoms with Gasteiger partial charge in [-0.3, -0.25) is 0 Å². The fraction of sp³-hybridized carbons (Fsp3) is 0.700. The Morgan fingerprint density at radius 2 is 1.57 bits per heavy atom. The summed E-state index contributed by atoms with van der Waals surface area (Å²) >= 11 is 0. The molecule has 0 bridgehead atoms. The molecule has 118 valence electrons. The van der Waals surface area contributed by atoms with Crippen molar-refractivity contribution in [1.29, 1.82) is 0 Å². The van der Waals surface area contributed by atoms with Gasteiger partial charge in [-0.1, -0.05) is 38.1 Å². The van der Waals surface area contributed by atoms with Crippen molar-refractivity contribution < 1.29 is 0 Å². The molecule has 1 atom stereocenters. The van der Waals surface area contributed by atoms with E-state index in [0.717, 1.165) is 5.92 Å². The first-order valence-corrected chi connectivity index (χ1v) is 8.59. The Balaban J connectivity index is 2.04. The molecule has 1 heteroatoms. The van der Waals surface area contributed by atoms with E-state index in [2.05, 4.69) is 71.1 Å². The molecule has 1 aromatic carbocycles. The van der Waals surface area contributed by atoms with Crippen LogP contribution in [0.4, 0.5) is 0 Å². The molecule has 1 fully saturated rings. The molecular formula is C20H33N. The molecule has 1 unspecified atom stereocenters. The Bertz CT molecular complexity index is 439. The van der Waals surface area contributed by atoms with Crippen LogP contribution in [0.25, 0.3) is 0 Å². The zero-order valence-corrected chi connectivity index (χ0v) is 14.8. The fourth-order valence-corrected chi connectivity index (χ4v) is 4.23. The average molecular weight is 287 g/mol. The maximum absolute atomic E-state index is 3.78. The first-order valence-electron chi connectivity index (χ1n) is 8.59. The maximum Gasteiger partial charge on any atom is 0.0132 e. The van der Waals surface area contributed by atoms with Crippen LogP contribution in [0.2, 0.25) is 0 Å². The van der Waals surface area contributed by atoms with Gasteiger partial charge in [-0.25, -0.2) is 0 Å². The number of hydrogen-bond donors (Lipinski definition) is 1. The van der Waals surface area contributed by atoms with Crippen LogP contribution < -0.4 is 5.32 Å². The predicted molar refractivity (Wildman–Crippen MR) is 92.9 cm³/mol. The summed E-state index contributed by atoms with van der Waals surface area (Å²) in [5.74, 6) is 1.46. The van der Waals surface area contributed by atoms with Crippen molar-refractivity contribution in [2.75, 3.05) is 0 Å². The molecule has 2 rings (SSSR count). The van der Waals surface area contributed by atoms with Crippen LogP contribution in [-0.2, 0) is 6.42 Å². The van der Waals surface area contributed by atoms with Crippen molar-refractivity contribution in [2.24, 2.45) is 5.92 Å². The van der Waals surface area contributed by atoms with Gasteiger partial charge in [0.2, 0.25) is 0 Å². The van der Waals surface area contributed by atoms with Crippen molar-refractivity contribution in [3.8, 4) is 0 Å². The van der Waals surface area contributed by atoms with E-state index in [9.17, 15) is 0 Å². The zero-order valence-electron chi connectivity index (χ0n) is 14.8. The van der Waals surface area contributed by atoms with Crippen molar-refractivity contribution in [2.45, 2.75) is 84.2 Å². The largest absolute Gasteiger partial charge is 0.307 e. The highest BCUT2D eigenvalue weighted by Gasteiger charge is 2.37. The predicted octanol–water partition coefficient (Wildman–Crippen LogP) is 5.30. The van der Waals surface area contributed by atoms with Crippen molar-refractivity contribution in [1.82, 2.24) is 5.32 Å². The minimum Gasteiger partial charge on any atom is -0.307 e. The van der Waals surface area contributed by atoms with Crippen molar-refractivity contribution >= 4 is 0 Å². The van der Waals surface area contributed by atoms with Gasteiger partial charge in [0.1, 0.15) is 0 Å². The number of piperidine rings is 1. The van der Waals surface area contributed by atoms with Crippen LogP contribution in [-0.4, -0.2) is 11.1 Å². The molecule has 1 heterocycles. The summed E-state index contributed by atoms with van der Waals surface area (Å²) in [6, 6.07) is 9.37. The second-order valence-corrected chi connectivity index (χ2v) is 8.42. The first-order chi connectivity index (χ1) is 9.71. The Morgan fingerprint density at radius 1 is 1.05 bits per heavy atom. The highest BCUT2D eigenvalue weighted by Crippen LogP contribution is 2.34. The lowest BCUT2D eigenvalue weighted by Gasteiger charge is -2.46. The number of benzene rings is 1. The Kier molecular flexibility index (Phi) is 4.82. The van der Waals surface area contributed by atoms with E-state index in [1.54, 1.807) is 0 Å². The van der Waals surface area contributed by atoms with Crippen molar-refractivity contribution in [3.05, 3.63) is 35.4 Å². The molecule has 0 saturated carbocycles. The summed E-state index contributed by atoms with van der Waals surface area (Å²) in [6.45, 7) is 13.9. The Morgan fingerprint density at radius 3 is 2.05 bits per heavy atom. The van der Waals surface area contributed by atoms with Gasteiger partial charge in [-0.2, -0.15) is 0 Å². The van der Waals surface area contributed by atoms with Gasteiger partial charge in [-0.05, 0) is 76.3 Å². The minimum absolute atomic E-state index is 0.253. The monoisotopic (exact) mass is 287 g/mol. The van der Waals surface area contributed by atoms with Gasteiger partial charge >= 0.3 is 0 Å². The highest BCUT2D eigenvalue weighted by atomic mass is 15.0. The van der Waals surface area contributed by atoms with Gasteiger partial charge in [0.05, 0.1) is 0 Å². The van der Waals surface area contributed by atoms with Gasteiger partial charge in [0, 0.05) is 11.1 Å². The summed E-state index contributed by atoms with van der Waals surface area (Å²) in [5, 5.41) is 3.78. The summed E-state index contributed by atoms with van der Waals surface area (Å²) < 4.78 is 0. The zero-order chi connectivity index (χ0) is 15.7. The number of rotatable bonds is 4. The lowest BCUT2D eigenvalue weighted by molar-refractivity contribution is 0.128. The van der Waals surface area contributed by atoms with E-state index in [-0.39, 0.29) is 11.1 Å². The van der Waals surface area contributed by atoms with Crippen LogP contribution in [0.1, 0.15) is 77.8 Å². The van der Waals surface area contributed by atoms with E-state index in [1.165, 1.54) is 36.8 Å². The molecular weight excluding hydrogens is 254 g/mol. The third kappa shape index (κ3) is 4.57. The average Bonchev–Trinajstić information content (AvgIpc) is 2.35. The third-order valence-electron chi connectivity index (χ3n) is 4.96. The smallest absolute Gasteiger partial charge is 0.0132 e. The summed E-state index contributed by atoms with van der Waals surface area (Å²) in [6.07, 6.45) is 4.97. The standard InChI is InChI=1S/C20H33N/c1-7-15(2)18-10-8-16(9-11-18)12-17-13-19(3,4)21-20(5,6)14-17/h8-11,15,17,21H,7,12-14H2,1-6H3. The maximum atomic E-state index is 3.78. The van der Waals surface area contributed by atoms with Crippen LogP contribution in [0.5, 0.6) is 0 Å². The topological polar surface area (TPSA) is 12.0 Å². The number of hydrogen-bond acceptors (Lipinski definition) is 1. The molecule has 21 heavy (non-hydrogen) atoms. The van der Waals surface area contributed by atoms with E-state index in [0.29, 0.717) is 5.92 Å².